The van der Waals surface area contributed by atoms with E-state index in [-0.39, 0.29) is 5.91 Å². The van der Waals surface area contributed by atoms with E-state index in [1.807, 2.05) is 44.4 Å². The molecule has 0 radical (unpaired) electrons. The van der Waals surface area contributed by atoms with Crippen LogP contribution in [0.25, 0.3) is 0 Å². The molecule has 0 saturated heterocycles. The van der Waals surface area contributed by atoms with Crippen molar-refractivity contribution in [3.05, 3.63) is 40.4 Å². The number of rotatable bonds is 4. The summed E-state index contributed by atoms with van der Waals surface area (Å²) in [6.45, 7) is 7.68. The van der Waals surface area contributed by atoms with E-state index in [9.17, 15) is 4.79 Å². The Morgan fingerprint density at radius 1 is 1.30 bits per heavy atom. The summed E-state index contributed by atoms with van der Waals surface area (Å²) in [5.74, 6) is 0.503. The van der Waals surface area contributed by atoms with E-state index in [4.69, 9.17) is 4.74 Å². The summed E-state index contributed by atoms with van der Waals surface area (Å²) in [7, 11) is 0. The second-order valence-electron chi connectivity index (χ2n) is 4.79. The summed E-state index contributed by atoms with van der Waals surface area (Å²) in [4.78, 5) is 16.2. The number of nitrogens with zero attached hydrogens (tertiary/aromatic N) is 1. The minimum atomic E-state index is -0.568. The SMILES string of the molecule is Cc1csc(NC(=O)C(C)Oc2ccc(C)c(C)c2)n1. The van der Waals surface area contributed by atoms with Crippen LogP contribution < -0.4 is 10.1 Å². The number of carbonyl (C=O) groups is 1. The molecular weight excluding hydrogens is 272 g/mol. The zero-order valence-electron chi connectivity index (χ0n) is 12.1. The van der Waals surface area contributed by atoms with Crippen molar-refractivity contribution in [2.75, 3.05) is 5.32 Å². The molecular formula is C15H18N2O2S. The van der Waals surface area contributed by atoms with Gasteiger partial charge in [-0.2, -0.15) is 0 Å². The summed E-state index contributed by atoms with van der Waals surface area (Å²) < 4.78 is 5.66. The third kappa shape index (κ3) is 3.57. The van der Waals surface area contributed by atoms with Crippen molar-refractivity contribution in [1.82, 2.24) is 4.98 Å². The van der Waals surface area contributed by atoms with Crippen molar-refractivity contribution in [2.45, 2.75) is 33.8 Å². The number of hydrogen-bond donors (Lipinski definition) is 1. The maximum absolute atomic E-state index is 12.0. The van der Waals surface area contributed by atoms with Crippen LogP contribution in [0.4, 0.5) is 5.13 Å². The van der Waals surface area contributed by atoms with Crippen LogP contribution in [0.2, 0.25) is 0 Å². The highest BCUT2D eigenvalue weighted by Crippen LogP contribution is 2.19. The van der Waals surface area contributed by atoms with Crippen LogP contribution in [-0.4, -0.2) is 17.0 Å². The molecule has 106 valence electrons. The van der Waals surface area contributed by atoms with Crippen LogP contribution in [0.1, 0.15) is 23.7 Å². The molecule has 1 N–H and O–H groups in total. The molecule has 0 fully saturated rings. The largest absolute Gasteiger partial charge is 0.481 e. The van der Waals surface area contributed by atoms with Gasteiger partial charge in [-0.25, -0.2) is 4.98 Å². The number of nitrogens with one attached hydrogen (secondary N) is 1. The molecule has 5 heteroatoms. The van der Waals surface area contributed by atoms with Crippen molar-refractivity contribution in [3.8, 4) is 5.75 Å². The molecule has 0 spiro atoms. The molecule has 20 heavy (non-hydrogen) atoms. The minimum absolute atomic E-state index is 0.197. The van der Waals surface area contributed by atoms with E-state index in [0.717, 1.165) is 11.3 Å². The number of carbonyl (C=O) groups excluding carboxylic acids is 1. The van der Waals surface area contributed by atoms with Crippen molar-refractivity contribution >= 4 is 22.4 Å². The summed E-state index contributed by atoms with van der Waals surface area (Å²) in [6, 6.07) is 5.80. The lowest BCUT2D eigenvalue weighted by atomic mass is 10.1. The van der Waals surface area contributed by atoms with Gasteiger partial charge >= 0.3 is 0 Å². The van der Waals surface area contributed by atoms with E-state index in [1.165, 1.54) is 16.9 Å². The van der Waals surface area contributed by atoms with Gasteiger partial charge < -0.3 is 4.74 Å². The molecule has 0 bridgehead atoms. The van der Waals surface area contributed by atoms with Crippen molar-refractivity contribution in [2.24, 2.45) is 0 Å². The minimum Gasteiger partial charge on any atom is -0.481 e. The van der Waals surface area contributed by atoms with E-state index in [2.05, 4.69) is 10.3 Å². The van der Waals surface area contributed by atoms with Crippen molar-refractivity contribution < 1.29 is 9.53 Å². The number of amides is 1. The Morgan fingerprint density at radius 3 is 2.65 bits per heavy atom. The van der Waals surface area contributed by atoms with Gasteiger partial charge in [-0.3, -0.25) is 10.1 Å². The van der Waals surface area contributed by atoms with E-state index >= 15 is 0 Å². The Bertz CT molecular complexity index is 622. The first-order valence-corrected chi connectivity index (χ1v) is 7.30. The Morgan fingerprint density at radius 2 is 2.05 bits per heavy atom. The molecule has 4 nitrogen and oxygen atoms in total. The smallest absolute Gasteiger partial charge is 0.266 e. The predicted molar refractivity (Wildman–Crippen MR) is 81.5 cm³/mol. The van der Waals surface area contributed by atoms with Crippen LogP contribution >= 0.6 is 11.3 Å². The van der Waals surface area contributed by atoms with Gasteiger partial charge in [0.05, 0.1) is 5.69 Å². The van der Waals surface area contributed by atoms with E-state index < -0.39 is 6.10 Å². The van der Waals surface area contributed by atoms with Crippen LogP contribution in [0.5, 0.6) is 5.75 Å². The second kappa shape index (κ2) is 6.05. The van der Waals surface area contributed by atoms with Gasteiger partial charge in [0.1, 0.15) is 5.75 Å². The molecule has 1 aromatic heterocycles. The molecule has 1 amide bonds. The first kappa shape index (κ1) is 14.5. The fraction of sp³-hybridized carbons (Fsp3) is 0.333. The molecule has 1 atom stereocenters. The van der Waals surface area contributed by atoms with Gasteiger partial charge in [0.25, 0.3) is 5.91 Å². The zero-order chi connectivity index (χ0) is 14.7. The molecule has 0 aliphatic carbocycles. The second-order valence-corrected chi connectivity index (χ2v) is 5.65. The predicted octanol–water partition coefficient (Wildman–Crippen LogP) is 3.47. The lowest BCUT2D eigenvalue weighted by molar-refractivity contribution is -0.122. The number of aromatic nitrogens is 1. The van der Waals surface area contributed by atoms with Crippen LogP contribution in [0, 0.1) is 20.8 Å². The number of aryl methyl sites for hydroxylation is 3. The van der Waals surface area contributed by atoms with Gasteiger partial charge in [-0.1, -0.05) is 6.07 Å². The van der Waals surface area contributed by atoms with Crippen molar-refractivity contribution in [3.63, 3.8) is 0 Å². The molecule has 1 heterocycles. The maximum atomic E-state index is 12.0. The first-order valence-electron chi connectivity index (χ1n) is 6.42. The Kier molecular flexibility index (Phi) is 4.39. The summed E-state index contributed by atoms with van der Waals surface area (Å²) >= 11 is 1.41. The van der Waals surface area contributed by atoms with Crippen molar-refractivity contribution in [1.29, 1.82) is 0 Å². The fourth-order valence-corrected chi connectivity index (χ4v) is 2.35. The number of thiazole rings is 1. The van der Waals surface area contributed by atoms with E-state index in [1.54, 1.807) is 6.92 Å². The number of anilines is 1. The van der Waals surface area contributed by atoms with Gasteiger partial charge in [-0.15, -0.1) is 11.3 Å². The molecule has 1 aromatic carbocycles. The quantitative estimate of drug-likeness (QED) is 0.938. The van der Waals surface area contributed by atoms with Gasteiger partial charge in [0.2, 0.25) is 0 Å². The third-order valence-electron chi connectivity index (χ3n) is 3.01. The van der Waals surface area contributed by atoms with Crippen LogP contribution in [0.15, 0.2) is 23.6 Å². The number of benzene rings is 1. The topological polar surface area (TPSA) is 51.2 Å². The fourth-order valence-electron chi connectivity index (χ4n) is 1.66. The molecule has 2 rings (SSSR count). The van der Waals surface area contributed by atoms with Gasteiger partial charge in [-0.05, 0) is 51.0 Å². The maximum Gasteiger partial charge on any atom is 0.266 e. The first-order chi connectivity index (χ1) is 9.45. The normalized spacial score (nSPS) is 12.0. The molecule has 0 saturated carbocycles. The number of hydrogen-bond acceptors (Lipinski definition) is 4. The van der Waals surface area contributed by atoms with Crippen LogP contribution in [0.3, 0.4) is 0 Å². The Balaban J connectivity index is 1.98. The average Bonchev–Trinajstić information content (AvgIpc) is 2.79. The third-order valence-corrected chi connectivity index (χ3v) is 3.89. The summed E-state index contributed by atoms with van der Waals surface area (Å²) in [5, 5.41) is 5.25. The highest BCUT2D eigenvalue weighted by molar-refractivity contribution is 7.13. The lowest BCUT2D eigenvalue weighted by Crippen LogP contribution is -2.30. The standard InChI is InChI=1S/C15H18N2O2S/c1-9-5-6-13(7-10(9)2)19-12(4)14(18)17-15-16-11(3)8-20-15/h5-8,12H,1-4H3,(H,16,17,18). The molecule has 0 aliphatic rings. The molecule has 0 aliphatic heterocycles. The monoisotopic (exact) mass is 290 g/mol. The highest BCUT2D eigenvalue weighted by atomic mass is 32.1. The summed E-state index contributed by atoms with van der Waals surface area (Å²) in [6.07, 6.45) is -0.568. The molecule has 1 unspecified atom stereocenters. The Labute approximate surface area is 122 Å². The van der Waals surface area contributed by atoms with Gasteiger partial charge in [0, 0.05) is 5.38 Å². The lowest BCUT2D eigenvalue weighted by Gasteiger charge is -2.14. The molecule has 2 aromatic rings. The van der Waals surface area contributed by atoms with E-state index in [0.29, 0.717) is 10.9 Å². The highest BCUT2D eigenvalue weighted by Gasteiger charge is 2.16. The summed E-state index contributed by atoms with van der Waals surface area (Å²) in [5.41, 5.74) is 3.24. The van der Waals surface area contributed by atoms with Gasteiger partial charge in [0.15, 0.2) is 11.2 Å². The zero-order valence-corrected chi connectivity index (χ0v) is 12.9. The van der Waals surface area contributed by atoms with Crippen LogP contribution in [-0.2, 0) is 4.79 Å². The average molecular weight is 290 g/mol. The number of ether oxygens (including phenoxy) is 1. The Hall–Kier alpha value is -1.88.